The Morgan fingerprint density at radius 3 is 1.13 bits per heavy atom. The van der Waals surface area contributed by atoms with Gasteiger partial charge < -0.3 is 0 Å². The molecule has 10 heteroatoms. The van der Waals surface area contributed by atoms with Crippen LogP contribution in [0.2, 0.25) is 0 Å². The lowest BCUT2D eigenvalue weighted by Gasteiger charge is -2.28. The zero-order valence-electron chi connectivity index (χ0n) is 6.75. The van der Waals surface area contributed by atoms with Gasteiger partial charge in [0.15, 0.2) is 0 Å². The summed E-state index contributed by atoms with van der Waals surface area (Å²) in [4.78, 5) is 0. The van der Waals surface area contributed by atoms with Crippen molar-refractivity contribution >= 4 is 23.7 Å². The van der Waals surface area contributed by atoms with E-state index < -0.39 is 31.0 Å². The van der Waals surface area contributed by atoms with Gasteiger partial charge >= 0.3 is 12.4 Å². The van der Waals surface area contributed by atoms with Gasteiger partial charge in [-0.25, -0.2) is 8.58 Å². The standard InChI is InChI=1S/C5H4Cl2F6O2/c6-14-3(15-7,1-4(8,9)10)2-5(11,12)13/h1-2H2. The van der Waals surface area contributed by atoms with E-state index in [0.29, 0.717) is 0 Å². The van der Waals surface area contributed by atoms with E-state index in [-0.39, 0.29) is 0 Å². The first-order valence-electron chi connectivity index (χ1n) is 3.26. The molecule has 0 saturated heterocycles. The molecule has 0 aliphatic carbocycles. The van der Waals surface area contributed by atoms with Crippen LogP contribution in [0.3, 0.4) is 0 Å². The van der Waals surface area contributed by atoms with Crippen LogP contribution in [0, 0.1) is 0 Å². The minimum atomic E-state index is -4.96. The third-order valence-corrected chi connectivity index (χ3v) is 1.78. The van der Waals surface area contributed by atoms with Crippen molar-refractivity contribution in [2.45, 2.75) is 31.0 Å². The Labute approximate surface area is 90.4 Å². The molecule has 0 bridgehead atoms. The molecule has 15 heavy (non-hydrogen) atoms. The molecule has 0 aliphatic heterocycles. The Bertz CT molecular complexity index is 181. The molecule has 0 heterocycles. The molecule has 0 N–H and O–H groups in total. The zero-order chi connectivity index (χ0) is 12.3. The third kappa shape index (κ3) is 6.29. The number of halogens is 8. The molecule has 0 saturated carbocycles. The van der Waals surface area contributed by atoms with Crippen LogP contribution in [0.15, 0.2) is 0 Å². The van der Waals surface area contributed by atoms with E-state index in [0.717, 1.165) is 0 Å². The first-order chi connectivity index (χ1) is 6.54. The summed E-state index contributed by atoms with van der Waals surface area (Å²) >= 11 is 9.05. The van der Waals surface area contributed by atoms with Gasteiger partial charge in [-0.05, 0) is 0 Å². The lowest BCUT2D eigenvalue weighted by molar-refractivity contribution is -0.261. The summed E-state index contributed by atoms with van der Waals surface area (Å²) in [5.74, 6) is -3.17. The Morgan fingerprint density at radius 1 is 0.733 bits per heavy atom. The predicted molar refractivity (Wildman–Crippen MR) is 38.0 cm³/mol. The van der Waals surface area contributed by atoms with Crippen LogP contribution in [0.25, 0.3) is 0 Å². The van der Waals surface area contributed by atoms with E-state index in [2.05, 4.69) is 32.3 Å². The van der Waals surface area contributed by atoms with Crippen molar-refractivity contribution in [1.82, 2.24) is 0 Å². The molecular weight excluding hydrogens is 277 g/mol. The van der Waals surface area contributed by atoms with E-state index in [4.69, 9.17) is 0 Å². The van der Waals surface area contributed by atoms with Crippen molar-refractivity contribution in [2.75, 3.05) is 0 Å². The predicted octanol–water partition coefficient (Wildman–Crippen LogP) is 3.93. The first-order valence-corrected chi connectivity index (χ1v) is 3.88. The maximum atomic E-state index is 11.9. The van der Waals surface area contributed by atoms with Gasteiger partial charge in [-0.3, -0.25) is 0 Å². The van der Waals surface area contributed by atoms with Crippen LogP contribution < -0.4 is 0 Å². The molecule has 0 atom stereocenters. The average Bonchev–Trinajstić information content (AvgIpc) is 1.98. The van der Waals surface area contributed by atoms with Crippen LogP contribution in [-0.4, -0.2) is 18.1 Å². The van der Waals surface area contributed by atoms with E-state index in [1.807, 2.05) is 0 Å². The van der Waals surface area contributed by atoms with Gasteiger partial charge in [0.2, 0.25) is 5.79 Å². The van der Waals surface area contributed by atoms with Crippen molar-refractivity contribution in [1.29, 1.82) is 0 Å². The summed E-state index contributed by atoms with van der Waals surface area (Å²) in [6, 6.07) is 0. The van der Waals surface area contributed by atoms with Gasteiger partial charge in [-0.15, -0.1) is 0 Å². The fraction of sp³-hybridized carbons (Fsp3) is 1.00. The SMILES string of the molecule is FC(F)(F)CC(CC(F)(F)F)(OCl)OCl. The maximum Gasteiger partial charge on any atom is 0.394 e. The van der Waals surface area contributed by atoms with Crippen LogP contribution >= 0.6 is 23.7 Å². The van der Waals surface area contributed by atoms with E-state index >= 15 is 0 Å². The Morgan fingerprint density at radius 2 is 1.00 bits per heavy atom. The largest absolute Gasteiger partial charge is 0.394 e. The monoisotopic (exact) mass is 280 g/mol. The molecule has 0 amide bonds. The van der Waals surface area contributed by atoms with Gasteiger partial charge in [0.1, 0.15) is 12.8 Å². The van der Waals surface area contributed by atoms with Gasteiger partial charge in [0.25, 0.3) is 0 Å². The molecule has 0 radical (unpaired) electrons. The van der Waals surface area contributed by atoms with Crippen LogP contribution in [-0.2, 0) is 8.58 Å². The highest BCUT2D eigenvalue weighted by atomic mass is 35.5. The topological polar surface area (TPSA) is 18.5 Å². The highest BCUT2D eigenvalue weighted by Gasteiger charge is 2.52. The molecule has 0 spiro atoms. The summed E-state index contributed by atoms with van der Waals surface area (Å²) < 4.78 is 78.2. The van der Waals surface area contributed by atoms with E-state index in [1.165, 1.54) is 0 Å². The molecule has 92 valence electrons. The molecule has 0 unspecified atom stereocenters. The molecule has 2 nitrogen and oxygen atoms in total. The van der Waals surface area contributed by atoms with E-state index in [9.17, 15) is 26.3 Å². The second-order valence-corrected chi connectivity index (χ2v) is 2.96. The highest BCUT2D eigenvalue weighted by molar-refractivity contribution is 6.09. The van der Waals surface area contributed by atoms with Gasteiger partial charge in [-0.1, -0.05) is 0 Å². The molecule has 0 aliphatic rings. The van der Waals surface area contributed by atoms with Crippen molar-refractivity contribution in [2.24, 2.45) is 0 Å². The minimum Gasteiger partial charge on any atom is -0.241 e. The van der Waals surface area contributed by atoms with Gasteiger partial charge in [0, 0.05) is 0 Å². The second-order valence-electron chi connectivity index (χ2n) is 2.65. The highest BCUT2D eigenvalue weighted by Crippen LogP contribution is 2.40. The molecule has 0 fully saturated rings. The lowest BCUT2D eigenvalue weighted by atomic mass is 10.1. The zero-order valence-corrected chi connectivity index (χ0v) is 8.27. The fourth-order valence-corrected chi connectivity index (χ4v) is 1.11. The van der Waals surface area contributed by atoms with Crippen LogP contribution in [0.4, 0.5) is 26.3 Å². The summed E-state index contributed by atoms with van der Waals surface area (Å²) in [5.41, 5.74) is 0. The summed E-state index contributed by atoms with van der Waals surface area (Å²) in [7, 11) is 0. The average molecular weight is 281 g/mol. The van der Waals surface area contributed by atoms with E-state index in [1.54, 1.807) is 0 Å². The first kappa shape index (κ1) is 15.1. The smallest absolute Gasteiger partial charge is 0.241 e. The summed E-state index contributed by atoms with van der Waals surface area (Å²) in [6.07, 6.45) is -14.1. The second kappa shape index (κ2) is 4.94. The number of rotatable bonds is 4. The van der Waals surface area contributed by atoms with Crippen molar-refractivity contribution < 1.29 is 34.9 Å². The number of hydrogen-bond acceptors (Lipinski definition) is 2. The summed E-state index contributed by atoms with van der Waals surface area (Å²) in [5, 5.41) is 0. The molecule has 0 aromatic rings. The van der Waals surface area contributed by atoms with Crippen molar-refractivity contribution in [3.63, 3.8) is 0 Å². The Balaban J connectivity index is 4.74. The normalized spacial score (nSPS) is 14.4. The van der Waals surface area contributed by atoms with Crippen molar-refractivity contribution in [3.05, 3.63) is 0 Å². The lowest BCUT2D eigenvalue weighted by Crippen LogP contribution is -2.40. The number of alkyl halides is 6. The third-order valence-electron chi connectivity index (χ3n) is 1.22. The van der Waals surface area contributed by atoms with Gasteiger partial charge in [0.05, 0.1) is 23.7 Å². The molecular formula is C5H4Cl2F6O2. The summed E-state index contributed by atoms with van der Waals surface area (Å²) in [6.45, 7) is 0. The molecule has 0 aromatic carbocycles. The van der Waals surface area contributed by atoms with Crippen LogP contribution in [0.1, 0.15) is 12.8 Å². The molecule has 0 rings (SSSR count). The quantitative estimate of drug-likeness (QED) is 0.574. The Kier molecular flexibility index (Phi) is 4.97. The maximum absolute atomic E-state index is 11.9. The van der Waals surface area contributed by atoms with Gasteiger partial charge in [-0.2, -0.15) is 26.3 Å². The molecule has 0 aromatic heterocycles. The minimum absolute atomic E-state index is 2.08. The number of hydrogen-bond donors (Lipinski definition) is 0. The van der Waals surface area contributed by atoms with Crippen molar-refractivity contribution in [3.8, 4) is 0 Å². The van der Waals surface area contributed by atoms with Crippen LogP contribution in [0.5, 0.6) is 0 Å². The fourth-order valence-electron chi connectivity index (χ4n) is 0.794. The Hall–Kier alpha value is 0.0800.